The molecular formula is C31H22Cl2N2O4. The molecule has 2 atom stereocenters. The Labute approximate surface area is 235 Å². The summed E-state index contributed by atoms with van der Waals surface area (Å²) in [5.74, 6) is -0.361. The molecule has 6 rings (SSSR count). The first-order chi connectivity index (χ1) is 18.7. The largest absolute Gasteiger partial charge is 0.476 e. The van der Waals surface area contributed by atoms with Crippen LogP contribution in [0.5, 0.6) is 5.75 Å². The Morgan fingerprint density at radius 2 is 1.38 bits per heavy atom. The Balaban J connectivity index is 1.42. The fourth-order valence-electron chi connectivity index (χ4n) is 5.11. The van der Waals surface area contributed by atoms with Crippen molar-refractivity contribution in [1.29, 1.82) is 0 Å². The van der Waals surface area contributed by atoms with Gasteiger partial charge in [0, 0.05) is 52.7 Å². The fraction of sp³-hybridized carbons (Fsp3) is 0.129. The Hall–Kier alpha value is -4.13. The Morgan fingerprint density at radius 1 is 0.744 bits per heavy atom. The summed E-state index contributed by atoms with van der Waals surface area (Å²) in [5.41, 5.74) is 3.75. The maximum absolute atomic E-state index is 13.5. The number of amides is 1. The van der Waals surface area contributed by atoms with Crippen LogP contribution >= 0.6 is 23.2 Å². The van der Waals surface area contributed by atoms with Crippen LogP contribution in [0, 0.1) is 0 Å². The molecular weight excluding hydrogens is 535 g/mol. The highest BCUT2D eigenvalue weighted by molar-refractivity contribution is 6.35. The molecule has 0 saturated carbocycles. The predicted octanol–water partition coefficient (Wildman–Crippen LogP) is 6.37. The number of halogens is 2. The maximum Gasteiger partial charge on any atom is 0.271 e. The van der Waals surface area contributed by atoms with Crippen LogP contribution in [0.1, 0.15) is 43.4 Å². The van der Waals surface area contributed by atoms with E-state index in [1.165, 1.54) is 0 Å². The molecule has 2 aliphatic rings. The minimum Gasteiger partial charge on any atom is -0.476 e. The van der Waals surface area contributed by atoms with Gasteiger partial charge in [0.1, 0.15) is 11.8 Å². The molecule has 1 aliphatic carbocycles. The summed E-state index contributed by atoms with van der Waals surface area (Å²) in [7, 11) is 3.88. The second kappa shape index (κ2) is 9.56. The smallest absolute Gasteiger partial charge is 0.271 e. The third kappa shape index (κ3) is 4.17. The summed E-state index contributed by atoms with van der Waals surface area (Å²) in [6.45, 7) is 0. The molecule has 8 heteroatoms. The van der Waals surface area contributed by atoms with Gasteiger partial charge in [-0.25, -0.2) is 0 Å². The first-order valence-corrected chi connectivity index (χ1v) is 13.0. The van der Waals surface area contributed by atoms with Gasteiger partial charge in [-0.3, -0.25) is 19.3 Å². The average Bonchev–Trinajstić information content (AvgIpc) is 2.94. The number of hydrogen-bond donors (Lipinski definition) is 0. The Bertz CT molecular complexity index is 1670. The minimum atomic E-state index is -0.906. The fourth-order valence-corrected chi connectivity index (χ4v) is 5.56. The number of fused-ring (bicyclic) bond motifs is 2. The van der Waals surface area contributed by atoms with E-state index in [1.54, 1.807) is 65.6 Å². The first-order valence-electron chi connectivity index (χ1n) is 12.3. The van der Waals surface area contributed by atoms with Crippen molar-refractivity contribution in [2.75, 3.05) is 23.9 Å². The van der Waals surface area contributed by atoms with Crippen molar-refractivity contribution >= 4 is 52.1 Å². The van der Waals surface area contributed by atoms with E-state index in [0.717, 1.165) is 5.69 Å². The number of benzene rings is 4. The lowest BCUT2D eigenvalue weighted by Gasteiger charge is -2.47. The molecule has 0 unspecified atom stereocenters. The lowest BCUT2D eigenvalue weighted by molar-refractivity contribution is -0.135. The number of ketones is 2. The van der Waals surface area contributed by atoms with Gasteiger partial charge in [-0.2, -0.15) is 0 Å². The number of ether oxygens (including phenoxy) is 1. The summed E-state index contributed by atoms with van der Waals surface area (Å²) >= 11 is 12.4. The molecule has 0 N–H and O–H groups in total. The van der Waals surface area contributed by atoms with Crippen molar-refractivity contribution < 1.29 is 19.1 Å². The van der Waals surface area contributed by atoms with E-state index in [4.69, 9.17) is 27.9 Å². The molecule has 6 nitrogen and oxygen atoms in total. The van der Waals surface area contributed by atoms with E-state index in [9.17, 15) is 14.4 Å². The topological polar surface area (TPSA) is 66.9 Å². The van der Waals surface area contributed by atoms with Gasteiger partial charge in [0.25, 0.3) is 5.91 Å². The van der Waals surface area contributed by atoms with Gasteiger partial charge in [-0.1, -0.05) is 53.5 Å². The monoisotopic (exact) mass is 556 g/mol. The number of nitrogens with zero attached hydrogens (tertiary/aromatic N) is 2. The molecule has 39 heavy (non-hydrogen) atoms. The van der Waals surface area contributed by atoms with Crippen LogP contribution in [0.25, 0.3) is 0 Å². The normalized spacial score (nSPS) is 17.8. The number of β-lactam (4-membered cyclic amide) rings is 1. The van der Waals surface area contributed by atoms with Crippen LogP contribution in [0.3, 0.4) is 0 Å². The number of anilines is 2. The molecule has 0 bridgehead atoms. The van der Waals surface area contributed by atoms with Gasteiger partial charge in [0.05, 0.1) is 5.02 Å². The van der Waals surface area contributed by atoms with E-state index in [1.807, 2.05) is 43.3 Å². The molecule has 1 aliphatic heterocycles. The van der Waals surface area contributed by atoms with Crippen molar-refractivity contribution in [3.63, 3.8) is 0 Å². The van der Waals surface area contributed by atoms with Crippen LogP contribution in [0.2, 0.25) is 10.0 Å². The van der Waals surface area contributed by atoms with E-state index < -0.39 is 12.1 Å². The van der Waals surface area contributed by atoms with Crippen LogP contribution in [-0.2, 0) is 4.79 Å². The van der Waals surface area contributed by atoms with Crippen LogP contribution in [-0.4, -0.2) is 37.7 Å². The maximum atomic E-state index is 13.5. The Kier molecular flexibility index (Phi) is 6.17. The van der Waals surface area contributed by atoms with Gasteiger partial charge >= 0.3 is 0 Å². The second-order valence-corrected chi connectivity index (χ2v) is 10.5. The van der Waals surface area contributed by atoms with Crippen molar-refractivity contribution in [3.8, 4) is 5.75 Å². The zero-order valence-corrected chi connectivity index (χ0v) is 22.5. The van der Waals surface area contributed by atoms with Gasteiger partial charge in [-0.15, -0.1) is 0 Å². The highest BCUT2D eigenvalue weighted by Crippen LogP contribution is 2.44. The molecule has 194 valence electrons. The number of carbonyl (C=O) groups excluding carboxylic acids is 3. The zero-order chi connectivity index (χ0) is 27.4. The number of rotatable bonds is 5. The molecule has 0 aromatic heterocycles. The third-order valence-electron chi connectivity index (χ3n) is 7.13. The van der Waals surface area contributed by atoms with E-state index in [0.29, 0.717) is 44.3 Å². The molecule has 4 aromatic carbocycles. The van der Waals surface area contributed by atoms with Crippen LogP contribution in [0.4, 0.5) is 11.4 Å². The van der Waals surface area contributed by atoms with Gasteiger partial charge in [0.15, 0.2) is 11.6 Å². The lowest BCUT2D eigenvalue weighted by atomic mass is 9.81. The Morgan fingerprint density at radius 3 is 2.03 bits per heavy atom. The molecule has 1 heterocycles. The van der Waals surface area contributed by atoms with E-state index >= 15 is 0 Å². The SMILES string of the molecule is CN(C)c1ccc(N2C(=O)[C@@H](Oc3ccc(Cl)cc3Cl)[C@H]2c2ccc3c(c2)C(=O)c2ccccc2C3=O)cc1. The molecule has 1 amide bonds. The van der Waals surface area contributed by atoms with E-state index in [-0.39, 0.29) is 22.5 Å². The van der Waals surface area contributed by atoms with Crippen LogP contribution < -0.4 is 14.5 Å². The van der Waals surface area contributed by atoms with Crippen molar-refractivity contribution in [3.05, 3.63) is 123 Å². The summed E-state index contributed by atoms with van der Waals surface area (Å²) < 4.78 is 6.14. The molecule has 4 aromatic rings. The predicted molar refractivity (Wildman–Crippen MR) is 152 cm³/mol. The average molecular weight is 557 g/mol. The summed E-state index contributed by atoms with van der Waals surface area (Å²) in [6, 6.07) is 23.8. The summed E-state index contributed by atoms with van der Waals surface area (Å²) in [6.07, 6.45) is -0.906. The number of hydrogen-bond acceptors (Lipinski definition) is 5. The van der Waals surface area contributed by atoms with E-state index in [2.05, 4.69) is 0 Å². The third-order valence-corrected chi connectivity index (χ3v) is 7.66. The minimum absolute atomic E-state index is 0.201. The van der Waals surface area contributed by atoms with Crippen molar-refractivity contribution in [2.45, 2.75) is 12.1 Å². The number of carbonyl (C=O) groups is 3. The van der Waals surface area contributed by atoms with Gasteiger partial charge in [0.2, 0.25) is 6.10 Å². The molecule has 0 radical (unpaired) electrons. The lowest BCUT2D eigenvalue weighted by Crippen LogP contribution is -2.61. The van der Waals surface area contributed by atoms with Crippen molar-refractivity contribution in [1.82, 2.24) is 0 Å². The molecule has 1 saturated heterocycles. The highest BCUT2D eigenvalue weighted by atomic mass is 35.5. The summed E-state index contributed by atoms with van der Waals surface area (Å²) in [5, 5.41) is 0.732. The van der Waals surface area contributed by atoms with Gasteiger partial charge < -0.3 is 9.64 Å². The quantitative estimate of drug-likeness (QED) is 0.235. The first kappa shape index (κ1) is 25.2. The van der Waals surface area contributed by atoms with Gasteiger partial charge in [-0.05, 0) is 60.2 Å². The standard InChI is InChI=1S/C31H22Cl2N2O4/c1-34(2)19-9-11-20(12-10-19)35-27(30(31(35)38)39-26-14-8-18(32)16-25(26)33)17-7-13-23-24(15-17)29(37)22-6-4-3-5-21(22)28(23)36/h3-16,27,30H,1-2H3/t27-,30+/m1/s1. The molecule has 0 spiro atoms. The summed E-state index contributed by atoms with van der Waals surface area (Å²) in [4.78, 5) is 43.7. The molecule has 1 fully saturated rings. The van der Waals surface area contributed by atoms with Crippen molar-refractivity contribution in [2.24, 2.45) is 0 Å². The van der Waals surface area contributed by atoms with Crippen LogP contribution in [0.15, 0.2) is 84.9 Å². The highest BCUT2D eigenvalue weighted by Gasteiger charge is 2.51. The zero-order valence-electron chi connectivity index (χ0n) is 21.0. The second-order valence-electron chi connectivity index (χ2n) is 9.69.